The van der Waals surface area contributed by atoms with Crippen LogP contribution in [0.5, 0.6) is 0 Å². The van der Waals surface area contributed by atoms with E-state index < -0.39 is 5.97 Å². The van der Waals surface area contributed by atoms with Crippen molar-refractivity contribution in [2.24, 2.45) is 0 Å². The van der Waals surface area contributed by atoms with Crippen molar-refractivity contribution >= 4 is 56.2 Å². The molecule has 8 heteroatoms. The summed E-state index contributed by atoms with van der Waals surface area (Å²) < 4.78 is 4.31. The number of rotatable bonds is 10. The van der Waals surface area contributed by atoms with Crippen LogP contribution in [0, 0.1) is 0 Å². The summed E-state index contributed by atoms with van der Waals surface area (Å²) in [4.78, 5) is 13.2. The molecule has 7 rings (SSSR count). The van der Waals surface area contributed by atoms with Gasteiger partial charge in [-0.05, 0) is 116 Å². The highest BCUT2D eigenvalue weighted by atomic mass is 16.4. The molecular formula is C37H37N5O3. The Kier molecular flexibility index (Phi) is 7.88. The first-order valence-corrected chi connectivity index (χ1v) is 15.6. The Hall–Kier alpha value is -5.21. The number of aliphatic carboxylic acids is 1. The number of nitrogens with zero attached hydrogens (tertiary/aromatic N) is 3. The van der Waals surface area contributed by atoms with Gasteiger partial charge in [0.15, 0.2) is 0 Å². The van der Waals surface area contributed by atoms with Crippen LogP contribution in [0.2, 0.25) is 0 Å². The van der Waals surface area contributed by atoms with Gasteiger partial charge < -0.3 is 34.9 Å². The van der Waals surface area contributed by atoms with Crippen LogP contribution in [-0.2, 0) is 11.3 Å². The van der Waals surface area contributed by atoms with E-state index in [1.807, 2.05) is 6.20 Å². The molecule has 1 saturated heterocycles. The minimum atomic E-state index is -0.759. The van der Waals surface area contributed by atoms with E-state index in [1.165, 1.54) is 5.69 Å². The van der Waals surface area contributed by atoms with E-state index in [-0.39, 0.29) is 12.5 Å². The molecule has 228 valence electrons. The Morgan fingerprint density at radius 2 is 1.24 bits per heavy atom. The molecule has 2 aromatic heterocycles. The van der Waals surface area contributed by atoms with E-state index in [2.05, 4.69) is 128 Å². The zero-order valence-electron chi connectivity index (χ0n) is 25.1. The number of carboxylic acids is 1. The van der Waals surface area contributed by atoms with E-state index in [1.54, 1.807) is 0 Å². The number of hydrogen-bond acceptors (Lipinski definition) is 5. The van der Waals surface area contributed by atoms with E-state index in [0.29, 0.717) is 13.0 Å². The van der Waals surface area contributed by atoms with Gasteiger partial charge in [0.2, 0.25) is 0 Å². The highest BCUT2D eigenvalue weighted by Gasteiger charge is 2.17. The molecule has 1 aliphatic heterocycles. The van der Waals surface area contributed by atoms with Crippen molar-refractivity contribution in [2.75, 3.05) is 28.6 Å². The number of aryl methyl sites for hydroxylation is 1. The predicted octanol–water partition coefficient (Wildman–Crippen LogP) is 7.90. The Morgan fingerprint density at radius 1 is 0.689 bits per heavy atom. The fraction of sp³-hybridized carbons (Fsp3) is 0.216. The van der Waals surface area contributed by atoms with E-state index in [4.69, 9.17) is 5.11 Å². The third-order valence-corrected chi connectivity index (χ3v) is 8.67. The molecule has 0 spiro atoms. The highest BCUT2D eigenvalue weighted by molar-refractivity contribution is 5.87. The third kappa shape index (κ3) is 6.37. The predicted molar refractivity (Wildman–Crippen MR) is 183 cm³/mol. The maximum absolute atomic E-state index is 10.8. The van der Waals surface area contributed by atoms with Gasteiger partial charge in [-0.3, -0.25) is 4.79 Å². The van der Waals surface area contributed by atoms with Gasteiger partial charge in [-0.2, -0.15) is 0 Å². The number of fused-ring (bicyclic) bond motifs is 2. The molecule has 0 aliphatic carbocycles. The first-order valence-electron chi connectivity index (χ1n) is 15.6. The van der Waals surface area contributed by atoms with Crippen LogP contribution in [0.25, 0.3) is 27.5 Å². The van der Waals surface area contributed by atoms with E-state index in [9.17, 15) is 9.90 Å². The quantitative estimate of drug-likeness (QED) is 0.128. The number of carbonyl (C=O) groups is 1. The number of aliphatic hydroxyl groups excluding tert-OH is 1. The molecule has 0 atom stereocenters. The normalized spacial score (nSPS) is 13.8. The lowest BCUT2D eigenvalue weighted by atomic mass is 10.1. The van der Waals surface area contributed by atoms with Crippen LogP contribution in [0.15, 0.2) is 109 Å². The monoisotopic (exact) mass is 599 g/mol. The summed E-state index contributed by atoms with van der Waals surface area (Å²) in [6.07, 6.45) is 6.40. The summed E-state index contributed by atoms with van der Waals surface area (Å²) in [5, 5.41) is 28.0. The Morgan fingerprint density at radius 3 is 1.89 bits per heavy atom. The molecule has 0 unspecified atom stereocenters. The first kappa shape index (κ1) is 28.6. The van der Waals surface area contributed by atoms with Crippen molar-refractivity contribution in [1.82, 2.24) is 9.13 Å². The summed E-state index contributed by atoms with van der Waals surface area (Å²) in [6, 6.07) is 33.9. The molecule has 4 N–H and O–H groups in total. The summed E-state index contributed by atoms with van der Waals surface area (Å²) >= 11 is 0. The van der Waals surface area contributed by atoms with Crippen LogP contribution in [0.1, 0.15) is 25.7 Å². The summed E-state index contributed by atoms with van der Waals surface area (Å²) in [5.41, 5.74) is 8.63. The smallest absolute Gasteiger partial charge is 0.303 e. The molecule has 0 bridgehead atoms. The number of aliphatic hydroxyl groups is 1. The maximum atomic E-state index is 10.8. The molecular weight excluding hydrogens is 562 g/mol. The van der Waals surface area contributed by atoms with Gasteiger partial charge in [-0.15, -0.1) is 0 Å². The lowest BCUT2D eigenvalue weighted by Crippen LogP contribution is -2.35. The van der Waals surface area contributed by atoms with Crippen molar-refractivity contribution in [1.29, 1.82) is 0 Å². The van der Waals surface area contributed by atoms with Crippen molar-refractivity contribution < 1.29 is 15.0 Å². The lowest BCUT2D eigenvalue weighted by molar-refractivity contribution is -0.137. The molecule has 45 heavy (non-hydrogen) atoms. The largest absolute Gasteiger partial charge is 0.481 e. The molecule has 1 aliphatic rings. The molecule has 8 nitrogen and oxygen atoms in total. The SMILES string of the molecule is O=C(O)CCCn1ccc2cc(Nc3ccc(-n4ccc5cc(Nc6ccc(N7CCC(O)CC7)cc6)ccc54)cc3)ccc21. The van der Waals surface area contributed by atoms with Gasteiger partial charge in [-0.25, -0.2) is 0 Å². The second-order valence-corrected chi connectivity index (χ2v) is 11.8. The summed E-state index contributed by atoms with van der Waals surface area (Å²) in [7, 11) is 0. The van der Waals surface area contributed by atoms with Gasteiger partial charge in [0.1, 0.15) is 0 Å². The minimum absolute atomic E-state index is 0.166. The second-order valence-electron chi connectivity index (χ2n) is 11.8. The van der Waals surface area contributed by atoms with Crippen LogP contribution < -0.4 is 15.5 Å². The topological polar surface area (TPSA) is 94.7 Å². The van der Waals surface area contributed by atoms with Crippen LogP contribution in [0.3, 0.4) is 0 Å². The summed E-state index contributed by atoms with van der Waals surface area (Å²) in [6.45, 7) is 2.48. The van der Waals surface area contributed by atoms with Gasteiger partial charge in [0.05, 0.1) is 11.6 Å². The average molecular weight is 600 g/mol. The van der Waals surface area contributed by atoms with Crippen LogP contribution >= 0.6 is 0 Å². The van der Waals surface area contributed by atoms with Gasteiger partial charge >= 0.3 is 5.97 Å². The molecule has 0 radical (unpaired) electrons. The number of carboxylic acid groups (broad SMARTS) is 1. The van der Waals surface area contributed by atoms with Gasteiger partial charge in [0.25, 0.3) is 0 Å². The standard InChI is InChI=1S/C37H37N5O3/c43-34-17-21-40(22-18-34)32-9-3-28(4-10-32)38-31-8-14-36-27(25-31)16-23-42(36)33-11-5-29(6-12-33)39-30-7-13-35-26(24-30)15-20-41(35)19-1-2-37(44)45/h3-16,20,23-25,34,38-39,43H,1-2,17-19,21-22H2,(H,44,45). The number of hydrogen-bond donors (Lipinski definition) is 4. The molecule has 0 saturated carbocycles. The highest BCUT2D eigenvalue weighted by Crippen LogP contribution is 2.29. The molecule has 0 amide bonds. The number of benzene rings is 4. The lowest BCUT2D eigenvalue weighted by Gasteiger charge is -2.31. The summed E-state index contributed by atoms with van der Waals surface area (Å²) in [5.74, 6) is -0.759. The Balaban J connectivity index is 0.998. The number of piperidine rings is 1. The van der Waals surface area contributed by atoms with E-state index in [0.717, 1.165) is 76.2 Å². The molecule has 4 aromatic carbocycles. The second kappa shape index (κ2) is 12.4. The Bertz CT molecular complexity index is 1930. The number of anilines is 5. The van der Waals surface area contributed by atoms with Crippen molar-refractivity contribution in [3.05, 3.63) is 109 Å². The minimum Gasteiger partial charge on any atom is -0.481 e. The third-order valence-electron chi connectivity index (χ3n) is 8.67. The number of aromatic nitrogens is 2. The molecule has 6 aromatic rings. The zero-order valence-corrected chi connectivity index (χ0v) is 25.1. The van der Waals surface area contributed by atoms with Crippen LogP contribution in [0.4, 0.5) is 28.4 Å². The zero-order chi connectivity index (χ0) is 30.8. The fourth-order valence-electron chi connectivity index (χ4n) is 6.24. The van der Waals surface area contributed by atoms with Gasteiger partial charge in [-0.1, -0.05) is 0 Å². The number of nitrogens with one attached hydrogen (secondary N) is 2. The average Bonchev–Trinajstić information content (AvgIpc) is 3.66. The van der Waals surface area contributed by atoms with Gasteiger partial charge in [0, 0.05) is 88.9 Å². The van der Waals surface area contributed by atoms with Crippen LogP contribution in [-0.4, -0.2) is 44.5 Å². The fourth-order valence-corrected chi connectivity index (χ4v) is 6.24. The molecule has 3 heterocycles. The first-order chi connectivity index (χ1) is 22.0. The van der Waals surface area contributed by atoms with Crippen molar-refractivity contribution in [2.45, 2.75) is 38.3 Å². The van der Waals surface area contributed by atoms with Crippen molar-refractivity contribution in [3.63, 3.8) is 0 Å². The molecule has 1 fully saturated rings. The maximum Gasteiger partial charge on any atom is 0.303 e. The van der Waals surface area contributed by atoms with Crippen molar-refractivity contribution in [3.8, 4) is 5.69 Å². The Labute approximate surface area is 262 Å². The van der Waals surface area contributed by atoms with E-state index >= 15 is 0 Å².